The van der Waals surface area contributed by atoms with E-state index < -0.39 is 30.8 Å². The fourth-order valence-corrected chi connectivity index (χ4v) is 2.81. The molecule has 1 aromatic carbocycles. The summed E-state index contributed by atoms with van der Waals surface area (Å²) in [7, 11) is 0. The Bertz CT molecular complexity index is 501. The van der Waals surface area contributed by atoms with Crippen LogP contribution in [0.4, 0.5) is 13.2 Å². The van der Waals surface area contributed by atoms with Crippen molar-refractivity contribution in [3.05, 3.63) is 35.9 Å². The lowest BCUT2D eigenvalue weighted by Crippen LogP contribution is -2.47. The van der Waals surface area contributed by atoms with Gasteiger partial charge in [-0.05, 0) is 5.56 Å². The van der Waals surface area contributed by atoms with Gasteiger partial charge in [0.05, 0.1) is 6.04 Å². The van der Waals surface area contributed by atoms with E-state index in [1.807, 2.05) is 0 Å². The molecule has 2 rings (SSSR count). The zero-order valence-electron chi connectivity index (χ0n) is 12.1. The number of amides is 1. The van der Waals surface area contributed by atoms with Crippen molar-refractivity contribution in [2.24, 2.45) is 0 Å². The molecule has 4 atom stereocenters. The van der Waals surface area contributed by atoms with E-state index in [0.717, 1.165) is 5.56 Å². The summed E-state index contributed by atoms with van der Waals surface area (Å²) in [5, 5.41) is 12.2. The van der Waals surface area contributed by atoms with Crippen LogP contribution in [-0.4, -0.2) is 53.2 Å². The summed E-state index contributed by atoms with van der Waals surface area (Å²) in [5.41, 5.74) is 0.738. The molecule has 0 radical (unpaired) electrons. The zero-order chi connectivity index (χ0) is 16.3. The molecule has 122 valence electrons. The molecular formula is C15H19F3N2O2. The highest BCUT2D eigenvalue weighted by Crippen LogP contribution is 2.32. The minimum Gasteiger partial charge on any atom is -0.388 e. The standard InChI is InChI=1S/C15H19F3N2O2/c1-9(21)19-7-11-12(16)14(22)13(15(17)18)20(11)8-10-5-3-2-4-6-10/h2-6,11-15,22H,7-8H2,1H3,(H,19,21)/t11-,12-,13+,14+/m1/s1. The quantitative estimate of drug-likeness (QED) is 0.862. The Morgan fingerprint density at radius 2 is 2.00 bits per heavy atom. The number of aliphatic hydroxyl groups excluding tert-OH is 1. The van der Waals surface area contributed by atoms with E-state index in [-0.39, 0.29) is 19.0 Å². The Kier molecular flexibility index (Phi) is 5.42. The van der Waals surface area contributed by atoms with Gasteiger partial charge in [-0.15, -0.1) is 0 Å². The molecule has 22 heavy (non-hydrogen) atoms. The van der Waals surface area contributed by atoms with E-state index in [0.29, 0.717) is 0 Å². The third kappa shape index (κ3) is 3.59. The number of carbonyl (C=O) groups is 1. The van der Waals surface area contributed by atoms with Crippen LogP contribution in [-0.2, 0) is 11.3 Å². The van der Waals surface area contributed by atoms with Crippen LogP contribution >= 0.6 is 0 Å². The van der Waals surface area contributed by atoms with Gasteiger partial charge < -0.3 is 10.4 Å². The number of hydrogen-bond donors (Lipinski definition) is 2. The largest absolute Gasteiger partial charge is 0.388 e. The number of nitrogens with zero attached hydrogens (tertiary/aromatic N) is 1. The number of benzene rings is 1. The second-order valence-corrected chi connectivity index (χ2v) is 5.42. The molecule has 0 unspecified atom stereocenters. The van der Waals surface area contributed by atoms with E-state index in [4.69, 9.17) is 0 Å². The van der Waals surface area contributed by atoms with E-state index in [1.54, 1.807) is 30.3 Å². The van der Waals surface area contributed by atoms with E-state index in [2.05, 4.69) is 5.32 Å². The molecule has 4 nitrogen and oxygen atoms in total. The van der Waals surface area contributed by atoms with Crippen LogP contribution in [0.2, 0.25) is 0 Å². The van der Waals surface area contributed by atoms with Gasteiger partial charge in [-0.2, -0.15) is 0 Å². The molecule has 0 bridgehead atoms. The minimum atomic E-state index is -2.88. The second-order valence-electron chi connectivity index (χ2n) is 5.42. The van der Waals surface area contributed by atoms with E-state index >= 15 is 0 Å². The lowest BCUT2D eigenvalue weighted by atomic mass is 10.1. The van der Waals surface area contributed by atoms with Crippen LogP contribution in [0.25, 0.3) is 0 Å². The Labute approximate surface area is 126 Å². The number of rotatable bonds is 5. The highest BCUT2D eigenvalue weighted by atomic mass is 19.3. The maximum Gasteiger partial charge on any atom is 0.256 e. The topological polar surface area (TPSA) is 52.6 Å². The number of halogens is 3. The molecule has 7 heteroatoms. The van der Waals surface area contributed by atoms with Gasteiger partial charge in [-0.25, -0.2) is 13.2 Å². The Morgan fingerprint density at radius 3 is 2.55 bits per heavy atom. The normalized spacial score (nSPS) is 29.0. The Morgan fingerprint density at radius 1 is 1.36 bits per heavy atom. The van der Waals surface area contributed by atoms with Crippen molar-refractivity contribution < 1.29 is 23.1 Å². The van der Waals surface area contributed by atoms with Crippen molar-refractivity contribution >= 4 is 5.91 Å². The number of likely N-dealkylation sites (tertiary alicyclic amines) is 1. The highest BCUT2D eigenvalue weighted by molar-refractivity contribution is 5.72. The Hall–Kier alpha value is -1.60. The van der Waals surface area contributed by atoms with Gasteiger partial charge >= 0.3 is 0 Å². The van der Waals surface area contributed by atoms with Crippen LogP contribution in [0.5, 0.6) is 0 Å². The summed E-state index contributed by atoms with van der Waals surface area (Å²) < 4.78 is 40.7. The van der Waals surface area contributed by atoms with Gasteiger partial charge in [0.2, 0.25) is 5.91 Å². The van der Waals surface area contributed by atoms with Crippen LogP contribution in [0.15, 0.2) is 30.3 Å². The number of alkyl halides is 3. The first-order valence-corrected chi connectivity index (χ1v) is 7.06. The third-order valence-corrected chi connectivity index (χ3v) is 3.88. The van der Waals surface area contributed by atoms with Crippen molar-refractivity contribution in [2.75, 3.05) is 6.54 Å². The summed E-state index contributed by atoms with van der Waals surface area (Å²) in [6, 6.07) is 6.22. The number of nitrogens with one attached hydrogen (secondary N) is 1. The summed E-state index contributed by atoms with van der Waals surface area (Å²) in [6.45, 7) is 1.23. The second kappa shape index (κ2) is 7.11. The first kappa shape index (κ1) is 16.8. The fraction of sp³-hybridized carbons (Fsp3) is 0.533. The first-order valence-electron chi connectivity index (χ1n) is 7.06. The molecule has 1 aromatic rings. The monoisotopic (exact) mass is 316 g/mol. The predicted molar refractivity (Wildman–Crippen MR) is 75.2 cm³/mol. The van der Waals surface area contributed by atoms with Gasteiger partial charge in [0.25, 0.3) is 6.43 Å². The maximum atomic E-state index is 14.2. The van der Waals surface area contributed by atoms with E-state index in [9.17, 15) is 23.1 Å². The molecule has 1 fully saturated rings. The molecule has 0 aliphatic carbocycles. The van der Waals surface area contributed by atoms with Crippen molar-refractivity contribution in [2.45, 2.75) is 44.3 Å². The molecule has 0 aromatic heterocycles. The summed E-state index contributed by atoms with van der Waals surface area (Å²) >= 11 is 0. The zero-order valence-corrected chi connectivity index (χ0v) is 12.1. The van der Waals surface area contributed by atoms with Gasteiger partial charge in [0, 0.05) is 20.0 Å². The van der Waals surface area contributed by atoms with Crippen LogP contribution in [0.3, 0.4) is 0 Å². The molecule has 2 N–H and O–H groups in total. The van der Waals surface area contributed by atoms with Crippen LogP contribution in [0.1, 0.15) is 12.5 Å². The van der Waals surface area contributed by atoms with Crippen LogP contribution < -0.4 is 5.32 Å². The highest BCUT2D eigenvalue weighted by Gasteiger charge is 2.52. The van der Waals surface area contributed by atoms with Crippen molar-refractivity contribution in [1.29, 1.82) is 0 Å². The molecule has 0 saturated carbocycles. The van der Waals surface area contributed by atoms with Crippen molar-refractivity contribution in [3.63, 3.8) is 0 Å². The molecule has 0 spiro atoms. The average molecular weight is 316 g/mol. The SMILES string of the molecule is CC(=O)NC[C@@H]1[C@@H](F)[C@H](O)[C@@H](C(F)F)N1Cc1ccccc1. The average Bonchev–Trinajstić information content (AvgIpc) is 2.69. The predicted octanol–water partition coefficient (Wildman–Crippen LogP) is 1.34. The van der Waals surface area contributed by atoms with Crippen LogP contribution in [0, 0.1) is 0 Å². The minimum absolute atomic E-state index is 0.0809. The lowest BCUT2D eigenvalue weighted by molar-refractivity contribution is -0.119. The van der Waals surface area contributed by atoms with Gasteiger partial charge in [0.1, 0.15) is 18.3 Å². The molecular weight excluding hydrogens is 297 g/mol. The molecule has 1 amide bonds. The van der Waals surface area contributed by atoms with Crippen molar-refractivity contribution in [1.82, 2.24) is 10.2 Å². The van der Waals surface area contributed by atoms with Gasteiger partial charge in [-0.1, -0.05) is 30.3 Å². The van der Waals surface area contributed by atoms with E-state index in [1.165, 1.54) is 11.8 Å². The molecule has 1 aliphatic heterocycles. The molecule has 1 aliphatic rings. The molecule has 1 saturated heterocycles. The summed E-state index contributed by atoms with van der Waals surface area (Å²) in [5.74, 6) is -0.373. The first-order chi connectivity index (χ1) is 10.4. The number of hydrogen-bond acceptors (Lipinski definition) is 3. The maximum absolute atomic E-state index is 14.2. The number of aliphatic hydroxyl groups is 1. The lowest BCUT2D eigenvalue weighted by Gasteiger charge is -2.30. The van der Waals surface area contributed by atoms with Crippen molar-refractivity contribution in [3.8, 4) is 0 Å². The smallest absolute Gasteiger partial charge is 0.256 e. The van der Waals surface area contributed by atoms with Gasteiger partial charge in [0.15, 0.2) is 0 Å². The fourth-order valence-electron chi connectivity index (χ4n) is 2.81. The summed E-state index contributed by atoms with van der Waals surface area (Å²) in [4.78, 5) is 12.2. The Balaban J connectivity index is 2.22. The number of carbonyl (C=O) groups excluding carboxylic acids is 1. The summed E-state index contributed by atoms with van der Waals surface area (Å²) in [6.07, 6.45) is -6.49. The molecule has 1 heterocycles. The third-order valence-electron chi connectivity index (χ3n) is 3.88. The van der Waals surface area contributed by atoms with Gasteiger partial charge in [-0.3, -0.25) is 9.69 Å².